The fourth-order valence-corrected chi connectivity index (χ4v) is 7.65. The molecule has 0 aliphatic carbocycles. The molecule has 1 N–H and O–H groups in total. The van der Waals surface area contributed by atoms with Crippen LogP contribution in [0, 0.1) is 0 Å². The molecule has 0 unspecified atom stereocenters. The van der Waals surface area contributed by atoms with Crippen molar-refractivity contribution in [2.75, 3.05) is 0 Å². The highest BCUT2D eigenvalue weighted by Gasteiger charge is 2.09. The molecule has 0 fully saturated rings. The summed E-state index contributed by atoms with van der Waals surface area (Å²) in [7, 11) is -4.10. The van der Waals surface area contributed by atoms with Crippen molar-refractivity contribution in [1.82, 2.24) is 0 Å². The molecule has 47 heavy (non-hydrogen) atoms. The van der Waals surface area contributed by atoms with Gasteiger partial charge in [0.1, 0.15) is 0 Å². The van der Waals surface area contributed by atoms with Crippen LogP contribution in [-0.4, -0.2) is 13.0 Å². The second-order valence-corrected chi connectivity index (χ2v) is 16.3. The highest BCUT2D eigenvalue weighted by atomic mass is 32.2. The van der Waals surface area contributed by atoms with E-state index in [4.69, 9.17) is 0 Å². The van der Waals surface area contributed by atoms with Gasteiger partial charge in [-0.05, 0) is 30.5 Å². The van der Waals surface area contributed by atoms with E-state index in [0.717, 1.165) is 18.4 Å². The summed E-state index contributed by atoms with van der Waals surface area (Å²) >= 11 is 0. The normalized spacial score (nSPS) is 11.9. The van der Waals surface area contributed by atoms with Crippen molar-refractivity contribution in [3.63, 3.8) is 0 Å². The molecule has 0 bridgehead atoms. The highest BCUT2D eigenvalue weighted by Crippen LogP contribution is 2.18. The molecule has 0 amide bonds. The molecule has 0 saturated heterocycles. The molecule has 0 atom stereocenters. The van der Waals surface area contributed by atoms with Crippen LogP contribution in [-0.2, 0) is 16.5 Å². The molecule has 0 saturated carbocycles. The van der Waals surface area contributed by atoms with Crippen LogP contribution in [0.2, 0.25) is 0 Å². The summed E-state index contributed by atoms with van der Waals surface area (Å²) in [4.78, 5) is 0.00584. The van der Waals surface area contributed by atoms with Gasteiger partial charge in [0, 0.05) is 0 Å². The Labute approximate surface area is 295 Å². The summed E-state index contributed by atoms with van der Waals surface area (Å²) < 4.78 is 31.7. The predicted molar refractivity (Wildman–Crippen MR) is 207 cm³/mol. The van der Waals surface area contributed by atoms with Gasteiger partial charge in [0.05, 0.1) is 4.90 Å². The number of aryl methyl sites for hydroxylation is 1. The number of benzene rings is 1. The van der Waals surface area contributed by atoms with Crippen LogP contribution in [0.4, 0.5) is 0 Å². The molecule has 4 heteroatoms. The number of rotatable bonds is 37. The molecule has 1 aromatic carbocycles. The molecular weight excluding hydrogens is 597 g/mol. The van der Waals surface area contributed by atoms with E-state index in [2.05, 4.69) is 6.92 Å². The van der Waals surface area contributed by atoms with E-state index in [0.29, 0.717) is 0 Å². The van der Waals surface area contributed by atoms with Crippen molar-refractivity contribution >= 4 is 10.1 Å². The molecule has 0 aliphatic heterocycles. The Morgan fingerprint density at radius 2 is 0.660 bits per heavy atom. The van der Waals surface area contributed by atoms with Gasteiger partial charge < -0.3 is 0 Å². The lowest BCUT2D eigenvalue weighted by atomic mass is 10.0. The van der Waals surface area contributed by atoms with Gasteiger partial charge in [-0.3, -0.25) is 4.55 Å². The monoisotopic (exact) mass is 677 g/mol. The molecule has 0 aromatic heterocycles. The fourth-order valence-electron chi connectivity index (χ4n) is 7.10. The van der Waals surface area contributed by atoms with E-state index in [1.54, 1.807) is 12.1 Å². The number of unbranched alkanes of at least 4 members (excludes halogenated alkanes) is 34. The molecule has 0 aliphatic rings. The Hall–Kier alpha value is -0.870. The third kappa shape index (κ3) is 30.9. The molecule has 0 spiro atoms. The first-order valence-electron chi connectivity index (χ1n) is 21.1. The summed E-state index contributed by atoms with van der Waals surface area (Å²) in [5.74, 6) is 0. The second-order valence-electron chi connectivity index (χ2n) is 14.9. The first-order chi connectivity index (χ1) is 23.0. The maximum atomic E-state index is 11.3. The standard InChI is InChI=1S/C43H80O3S/c1-2-3-4-5-6-7-8-9-10-11-12-13-14-15-16-17-18-19-20-21-22-23-24-25-26-27-28-29-30-31-32-33-34-35-36-38-42-39-37-40-43(41-42)47(44,45)46/h37,39-41H,2-36,38H2,1H3,(H,44,45,46). The predicted octanol–water partition coefficient (Wildman–Crippen LogP) is 15.1. The van der Waals surface area contributed by atoms with E-state index in [1.165, 1.54) is 224 Å². The zero-order valence-electron chi connectivity index (χ0n) is 31.4. The van der Waals surface area contributed by atoms with Crippen LogP contribution in [0.3, 0.4) is 0 Å². The van der Waals surface area contributed by atoms with Crippen molar-refractivity contribution in [3.05, 3.63) is 29.8 Å². The Kier molecular flexibility index (Phi) is 31.6. The molecule has 0 heterocycles. The van der Waals surface area contributed by atoms with Gasteiger partial charge in [-0.1, -0.05) is 237 Å². The van der Waals surface area contributed by atoms with Gasteiger partial charge in [0.2, 0.25) is 0 Å². The molecule has 0 radical (unpaired) electrons. The summed E-state index contributed by atoms with van der Waals surface area (Å²) in [6, 6.07) is 6.70. The third-order valence-electron chi connectivity index (χ3n) is 10.3. The lowest BCUT2D eigenvalue weighted by Crippen LogP contribution is -1.98. The van der Waals surface area contributed by atoms with Gasteiger partial charge in [-0.15, -0.1) is 0 Å². The minimum atomic E-state index is -4.10. The van der Waals surface area contributed by atoms with E-state index < -0.39 is 10.1 Å². The average molecular weight is 677 g/mol. The molecule has 1 aromatic rings. The van der Waals surface area contributed by atoms with Crippen LogP contribution in [0.1, 0.15) is 237 Å². The zero-order chi connectivity index (χ0) is 33.9. The lowest BCUT2D eigenvalue weighted by Gasteiger charge is -2.05. The van der Waals surface area contributed by atoms with Crippen molar-refractivity contribution in [2.24, 2.45) is 0 Å². The first-order valence-corrected chi connectivity index (χ1v) is 22.5. The second kappa shape index (κ2) is 33.6. The molecule has 276 valence electrons. The maximum absolute atomic E-state index is 11.3. The van der Waals surface area contributed by atoms with Crippen molar-refractivity contribution < 1.29 is 13.0 Å². The van der Waals surface area contributed by atoms with E-state index >= 15 is 0 Å². The highest BCUT2D eigenvalue weighted by molar-refractivity contribution is 7.85. The van der Waals surface area contributed by atoms with Crippen LogP contribution >= 0.6 is 0 Å². The van der Waals surface area contributed by atoms with Crippen LogP contribution in [0.25, 0.3) is 0 Å². The summed E-state index contributed by atoms with van der Waals surface area (Å²) in [5, 5.41) is 0. The summed E-state index contributed by atoms with van der Waals surface area (Å²) in [5.41, 5.74) is 0.992. The van der Waals surface area contributed by atoms with Crippen LogP contribution in [0.15, 0.2) is 29.2 Å². The SMILES string of the molecule is CCCCCCCCCCCCCCCCCCCCCCCCCCCCCCCCCCCCCc1cccc(S(=O)(=O)O)c1. The Morgan fingerprint density at radius 1 is 0.404 bits per heavy atom. The van der Waals surface area contributed by atoms with Gasteiger partial charge in [-0.25, -0.2) is 0 Å². The van der Waals surface area contributed by atoms with Gasteiger partial charge in [-0.2, -0.15) is 8.42 Å². The molecule has 1 rings (SSSR count). The maximum Gasteiger partial charge on any atom is 0.294 e. The fraction of sp³-hybridized carbons (Fsp3) is 0.860. The Bertz CT molecular complexity index is 881. The largest absolute Gasteiger partial charge is 0.294 e. The van der Waals surface area contributed by atoms with E-state index in [1.807, 2.05) is 6.07 Å². The van der Waals surface area contributed by atoms with E-state index in [-0.39, 0.29) is 4.90 Å². The first kappa shape index (κ1) is 44.2. The Balaban J connectivity index is 1.67. The summed E-state index contributed by atoms with van der Waals surface area (Å²) in [6.45, 7) is 2.30. The zero-order valence-corrected chi connectivity index (χ0v) is 32.3. The van der Waals surface area contributed by atoms with Crippen molar-refractivity contribution in [1.29, 1.82) is 0 Å². The van der Waals surface area contributed by atoms with Crippen LogP contribution < -0.4 is 0 Å². The van der Waals surface area contributed by atoms with Crippen LogP contribution in [0.5, 0.6) is 0 Å². The average Bonchev–Trinajstić information content (AvgIpc) is 3.06. The smallest absolute Gasteiger partial charge is 0.282 e. The van der Waals surface area contributed by atoms with Crippen molar-refractivity contribution in [3.8, 4) is 0 Å². The Morgan fingerprint density at radius 3 is 0.915 bits per heavy atom. The summed E-state index contributed by atoms with van der Waals surface area (Å²) in [6.07, 6.45) is 50.6. The molecular formula is C43H80O3S. The minimum Gasteiger partial charge on any atom is -0.282 e. The lowest BCUT2D eigenvalue weighted by molar-refractivity contribution is 0.483. The van der Waals surface area contributed by atoms with Gasteiger partial charge >= 0.3 is 0 Å². The quantitative estimate of drug-likeness (QED) is 0.0563. The topological polar surface area (TPSA) is 54.4 Å². The van der Waals surface area contributed by atoms with Gasteiger partial charge in [0.25, 0.3) is 10.1 Å². The molecule has 3 nitrogen and oxygen atoms in total. The third-order valence-corrected chi connectivity index (χ3v) is 11.1. The number of hydrogen-bond donors (Lipinski definition) is 1. The van der Waals surface area contributed by atoms with Crippen molar-refractivity contribution in [2.45, 2.75) is 243 Å². The van der Waals surface area contributed by atoms with Gasteiger partial charge in [0.15, 0.2) is 0 Å². The number of hydrogen-bond acceptors (Lipinski definition) is 2. The minimum absolute atomic E-state index is 0.00584. The van der Waals surface area contributed by atoms with E-state index in [9.17, 15) is 13.0 Å².